The molecule has 1 heterocycles. The zero-order chi connectivity index (χ0) is 18.5. The fourth-order valence-electron chi connectivity index (χ4n) is 3.07. The van der Waals surface area contributed by atoms with E-state index < -0.39 is 23.8 Å². The minimum atomic E-state index is -0.897. The van der Waals surface area contributed by atoms with Crippen molar-refractivity contribution in [2.75, 3.05) is 0 Å². The van der Waals surface area contributed by atoms with Crippen LogP contribution in [0.2, 0.25) is 0 Å². The third kappa shape index (κ3) is 3.52. The van der Waals surface area contributed by atoms with Gasteiger partial charge in [-0.3, -0.25) is 14.5 Å². The van der Waals surface area contributed by atoms with Crippen molar-refractivity contribution in [3.8, 4) is 0 Å². The minimum absolute atomic E-state index is 0.117. The van der Waals surface area contributed by atoms with E-state index in [9.17, 15) is 14.4 Å². The number of nitrogens with zero attached hydrogens (tertiary/aromatic N) is 1. The smallest absolute Gasteiger partial charge is 0.329 e. The molecular formula is C21H21NO4. The number of fused-ring (bicyclic) bond motifs is 1. The molecule has 26 heavy (non-hydrogen) atoms. The maximum Gasteiger partial charge on any atom is 0.329 e. The summed E-state index contributed by atoms with van der Waals surface area (Å²) in [7, 11) is 0. The quantitative estimate of drug-likeness (QED) is 0.565. The van der Waals surface area contributed by atoms with Gasteiger partial charge in [0.25, 0.3) is 11.8 Å². The van der Waals surface area contributed by atoms with E-state index in [1.54, 1.807) is 24.3 Å². The Labute approximate surface area is 152 Å². The molecule has 2 aromatic carbocycles. The topological polar surface area (TPSA) is 63.7 Å². The normalized spacial score (nSPS) is 14.3. The molecule has 2 amide bonds. The lowest BCUT2D eigenvalue weighted by Crippen LogP contribution is -2.45. The monoisotopic (exact) mass is 351 g/mol. The maximum atomic E-state index is 12.7. The zero-order valence-corrected chi connectivity index (χ0v) is 14.7. The van der Waals surface area contributed by atoms with Gasteiger partial charge in [-0.05, 0) is 24.1 Å². The predicted octanol–water partition coefficient (Wildman–Crippen LogP) is 3.58. The number of benzene rings is 2. The van der Waals surface area contributed by atoms with Crippen molar-refractivity contribution < 1.29 is 19.1 Å². The molecule has 1 aliphatic rings. The van der Waals surface area contributed by atoms with Crippen molar-refractivity contribution in [2.45, 2.75) is 38.8 Å². The summed E-state index contributed by atoms with van der Waals surface area (Å²) >= 11 is 0. The highest BCUT2D eigenvalue weighted by molar-refractivity contribution is 6.22. The number of imide groups is 1. The number of rotatable bonds is 7. The lowest BCUT2D eigenvalue weighted by molar-refractivity contribution is -0.150. The zero-order valence-electron chi connectivity index (χ0n) is 14.7. The van der Waals surface area contributed by atoms with Crippen molar-refractivity contribution in [1.29, 1.82) is 0 Å². The summed E-state index contributed by atoms with van der Waals surface area (Å²) in [5.74, 6) is -1.40. The van der Waals surface area contributed by atoms with Crippen molar-refractivity contribution in [3.05, 3.63) is 71.3 Å². The van der Waals surface area contributed by atoms with Crippen LogP contribution >= 0.6 is 0 Å². The first kappa shape index (κ1) is 17.9. The van der Waals surface area contributed by atoms with Crippen LogP contribution in [-0.2, 0) is 16.1 Å². The van der Waals surface area contributed by atoms with Gasteiger partial charge in [-0.2, -0.15) is 0 Å². The highest BCUT2D eigenvalue weighted by Crippen LogP contribution is 2.27. The highest BCUT2D eigenvalue weighted by Gasteiger charge is 2.42. The Kier molecular flexibility index (Phi) is 5.46. The van der Waals surface area contributed by atoms with Gasteiger partial charge in [0.05, 0.1) is 11.1 Å². The number of carbonyl (C=O) groups excluding carboxylic acids is 3. The molecule has 0 N–H and O–H groups in total. The molecule has 0 spiro atoms. The summed E-state index contributed by atoms with van der Waals surface area (Å²) < 4.78 is 5.41. The van der Waals surface area contributed by atoms with Crippen LogP contribution in [0, 0.1) is 0 Å². The molecule has 0 aromatic heterocycles. The van der Waals surface area contributed by atoms with Crippen LogP contribution in [0.25, 0.3) is 0 Å². The van der Waals surface area contributed by atoms with Crippen molar-refractivity contribution in [1.82, 2.24) is 4.90 Å². The first-order chi connectivity index (χ1) is 12.6. The lowest BCUT2D eigenvalue weighted by atomic mass is 10.1. The fourth-order valence-corrected chi connectivity index (χ4v) is 3.07. The number of hydrogen-bond donors (Lipinski definition) is 0. The Morgan fingerprint density at radius 1 is 0.962 bits per heavy atom. The lowest BCUT2D eigenvalue weighted by Gasteiger charge is -2.24. The van der Waals surface area contributed by atoms with E-state index >= 15 is 0 Å². The van der Waals surface area contributed by atoms with E-state index in [0.29, 0.717) is 17.5 Å². The van der Waals surface area contributed by atoms with Crippen LogP contribution in [-0.4, -0.2) is 28.7 Å². The van der Waals surface area contributed by atoms with Gasteiger partial charge in [0.1, 0.15) is 12.6 Å². The summed E-state index contributed by atoms with van der Waals surface area (Å²) in [4.78, 5) is 39.1. The first-order valence-electron chi connectivity index (χ1n) is 8.81. The second-order valence-electron chi connectivity index (χ2n) is 6.28. The average Bonchev–Trinajstić information content (AvgIpc) is 2.93. The highest BCUT2D eigenvalue weighted by atomic mass is 16.5. The van der Waals surface area contributed by atoms with E-state index in [-0.39, 0.29) is 6.61 Å². The fraction of sp³-hybridized carbons (Fsp3) is 0.286. The van der Waals surface area contributed by atoms with E-state index in [1.807, 2.05) is 37.3 Å². The maximum absolute atomic E-state index is 12.7. The summed E-state index contributed by atoms with van der Waals surface area (Å²) in [6, 6.07) is 15.1. The molecule has 0 saturated heterocycles. The van der Waals surface area contributed by atoms with Gasteiger partial charge in [-0.25, -0.2) is 4.79 Å². The van der Waals surface area contributed by atoms with Crippen molar-refractivity contribution >= 4 is 17.8 Å². The number of hydrogen-bond acceptors (Lipinski definition) is 4. The molecule has 2 aromatic rings. The summed E-state index contributed by atoms with van der Waals surface area (Å²) in [6.45, 7) is 2.11. The second-order valence-corrected chi connectivity index (χ2v) is 6.28. The molecule has 0 fully saturated rings. The van der Waals surface area contributed by atoms with Crippen LogP contribution < -0.4 is 0 Å². The van der Waals surface area contributed by atoms with Gasteiger partial charge in [0, 0.05) is 0 Å². The Morgan fingerprint density at radius 2 is 1.54 bits per heavy atom. The summed E-state index contributed by atoms with van der Waals surface area (Å²) in [6.07, 6.45) is 1.97. The largest absolute Gasteiger partial charge is 0.459 e. The van der Waals surface area contributed by atoms with Crippen LogP contribution in [0.1, 0.15) is 52.5 Å². The first-order valence-corrected chi connectivity index (χ1v) is 8.81. The number of amides is 2. The average molecular weight is 351 g/mol. The molecule has 5 heteroatoms. The Bertz CT molecular complexity index is 781. The van der Waals surface area contributed by atoms with E-state index in [2.05, 4.69) is 0 Å². The Balaban J connectivity index is 1.79. The van der Waals surface area contributed by atoms with Gasteiger partial charge in [-0.1, -0.05) is 62.2 Å². The number of esters is 1. The van der Waals surface area contributed by atoms with Crippen LogP contribution in [0.3, 0.4) is 0 Å². The Hall–Kier alpha value is -2.95. The molecule has 0 bridgehead atoms. The molecular weight excluding hydrogens is 330 g/mol. The van der Waals surface area contributed by atoms with Crippen molar-refractivity contribution in [2.24, 2.45) is 0 Å². The molecule has 0 radical (unpaired) electrons. The molecule has 0 aliphatic carbocycles. The Morgan fingerprint density at radius 3 is 2.12 bits per heavy atom. The van der Waals surface area contributed by atoms with Crippen LogP contribution in [0.15, 0.2) is 54.6 Å². The number of unbranched alkanes of at least 4 members (excludes halogenated alkanes) is 1. The number of ether oxygens (including phenoxy) is 1. The number of carbonyl (C=O) groups is 3. The summed E-state index contributed by atoms with van der Waals surface area (Å²) in [5, 5.41) is 0. The third-order valence-electron chi connectivity index (χ3n) is 4.46. The van der Waals surface area contributed by atoms with Crippen LogP contribution in [0.4, 0.5) is 0 Å². The van der Waals surface area contributed by atoms with Crippen LogP contribution in [0.5, 0.6) is 0 Å². The van der Waals surface area contributed by atoms with Gasteiger partial charge in [-0.15, -0.1) is 0 Å². The standard InChI is InChI=1S/C21H21NO4/c1-2-3-13-18(21(25)26-14-15-9-5-4-6-10-15)22-19(23)16-11-7-8-12-17(16)20(22)24/h4-12,18H,2-3,13-14H2,1H3/t18-/m0/s1. The van der Waals surface area contributed by atoms with Gasteiger partial charge < -0.3 is 4.74 Å². The van der Waals surface area contributed by atoms with Gasteiger partial charge >= 0.3 is 5.97 Å². The molecule has 5 nitrogen and oxygen atoms in total. The molecule has 3 rings (SSSR count). The van der Waals surface area contributed by atoms with Gasteiger partial charge in [0.15, 0.2) is 0 Å². The van der Waals surface area contributed by atoms with E-state index in [1.165, 1.54) is 0 Å². The molecule has 1 atom stereocenters. The second kappa shape index (κ2) is 7.95. The van der Waals surface area contributed by atoms with Gasteiger partial charge in [0.2, 0.25) is 0 Å². The van der Waals surface area contributed by atoms with E-state index in [0.717, 1.165) is 23.3 Å². The molecule has 134 valence electrons. The van der Waals surface area contributed by atoms with Crippen molar-refractivity contribution in [3.63, 3.8) is 0 Å². The third-order valence-corrected chi connectivity index (χ3v) is 4.46. The van der Waals surface area contributed by atoms with E-state index in [4.69, 9.17) is 4.74 Å². The molecule has 1 aliphatic heterocycles. The summed E-state index contributed by atoms with van der Waals surface area (Å²) in [5.41, 5.74) is 1.54. The molecule has 0 saturated carbocycles. The SMILES string of the molecule is CCCC[C@@H](C(=O)OCc1ccccc1)N1C(=O)c2ccccc2C1=O. The predicted molar refractivity (Wildman–Crippen MR) is 96.5 cm³/mol. The minimum Gasteiger partial charge on any atom is -0.459 e. The molecule has 0 unspecified atom stereocenters.